The molecule has 0 saturated heterocycles. The Morgan fingerprint density at radius 1 is 1.25 bits per heavy atom. The van der Waals surface area contributed by atoms with Gasteiger partial charge in [-0.1, -0.05) is 6.07 Å². The quantitative estimate of drug-likeness (QED) is 0.779. The molecule has 1 unspecified atom stereocenters. The van der Waals surface area contributed by atoms with Gasteiger partial charge in [0.1, 0.15) is 6.61 Å². The first kappa shape index (κ1) is 16.1. The molecule has 0 radical (unpaired) electrons. The minimum Gasteiger partial charge on any atom is -0.493 e. The third kappa shape index (κ3) is 4.31. The summed E-state index contributed by atoms with van der Waals surface area (Å²) in [5.41, 5.74) is 0. The number of benzene rings is 1. The monoisotopic (exact) mass is 283 g/mol. The Hall–Kier alpha value is -1.95. The summed E-state index contributed by atoms with van der Waals surface area (Å²) in [4.78, 5) is 12.7. The second-order valence-electron chi connectivity index (χ2n) is 4.52. The molecule has 1 aromatic rings. The van der Waals surface area contributed by atoms with Gasteiger partial charge in [0.15, 0.2) is 11.5 Å². The number of carboxylic acids is 1. The fraction of sp³-hybridized carbons (Fsp3) is 0.500. The lowest BCUT2D eigenvalue weighted by Gasteiger charge is -2.23. The highest BCUT2D eigenvalue weighted by molar-refractivity contribution is 5.67. The number of nitrogens with zero attached hydrogens (tertiary/aromatic N) is 1. The maximum absolute atomic E-state index is 10.8. The van der Waals surface area contributed by atoms with Crippen molar-refractivity contribution in [2.45, 2.75) is 12.5 Å². The standard InChI is InChI=1S/C14H21NO5/c1-15(2)10(8-13(16)17)9-20-14-11(18-3)6-5-7-12(14)19-4/h5-7,10H,8-9H2,1-4H3,(H,16,17). The highest BCUT2D eigenvalue weighted by Gasteiger charge is 2.19. The molecule has 0 aliphatic rings. The number of hydrogen-bond donors (Lipinski definition) is 1. The number of likely N-dealkylation sites (N-methyl/N-ethyl adjacent to an activating group) is 1. The van der Waals surface area contributed by atoms with Crippen molar-refractivity contribution >= 4 is 5.97 Å². The van der Waals surface area contributed by atoms with Gasteiger partial charge >= 0.3 is 5.97 Å². The summed E-state index contributed by atoms with van der Waals surface area (Å²) in [6.45, 7) is 0.232. The SMILES string of the molecule is COc1cccc(OC)c1OCC(CC(=O)O)N(C)C. The second-order valence-corrected chi connectivity index (χ2v) is 4.52. The maximum Gasteiger partial charge on any atom is 0.305 e. The molecule has 20 heavy (non-hydrogen) atoms. The Bertz CT molecular complexity index is 425. The zero-order valence-corrected chi connectivity index (χ0v) is 12.3. The summed E-state index contributed by atoms with van der Waals surface area (Å²) in [7, 11) is 6.72. The van der Waals surface area contributed by atoms with Gasteiger partial charge in [-0.2, -0.15) is 0 Å². The van der Waals surface area contributed by atoms with E-state index in [0.717, 1.165) is 0 Å². The number of methoxy groups -OCH3 is 2. The first-order chi connectivity index (χ1) is 9.49. The molecule has 1 N–H and O–H groups in total. The number of rotatable bonds is 8. The molecule has 0 fully saturated rings. The highest BCUT2D eigenvalue weighted by atomic mass is 16.5. The fourth-order valence-electron chi connectivity index (χ4n) is 1.73. The van der Waals surface area contributed by atoms with Crippen molar-refractivity contribution < 1.29 is 24.1 Å². The Morgan fingerprint density at radius 3 is 2.20 bits per heavy atom. The smallest absolute Gasteiger partial charge is 0.305 e. The first-order valence-corrected chi connectivity index (χ1v) is 6.21. The van der Waals surface area contributed by atoms with Crippen molar-refractivity contribution in [1.82, 2.24) is 4.90 Å². The summed E-state index contributed by atoms with van der Waals surface area (Å²) >= 11 is 0. The molecule has 6 nitrogen and oxygen atoms in total. The molecule has 0 aliphatic heterocycles. The lowest BCUT2D eigenvalue weighted by atomic mass is 10.2. The van der Waals surface area contributed by atoms with E-state index in [1.165, 1.54) is 0 Å². The number of carbonyl (C=O) groups is 1. The van der Waals surface area contributed by atoms with Gasteiger partial charge < -0.3 is 24.2 Å². The zero-order chi connectivity index (χ0) is 15.1. The summed E-state index contributed by atoms with van der Waals surface area (Å²) in [5, 5.41) is 8.90. The normalized spacial score (nSPS) is 12.1. The van der Waals surface area contributed by atoms with Gasteiger partial charge in [0.05, 0.1) is 26.7 Å². The average Bonchev–Trinajstić information content (AvgIpc) is 2.42. The van der Waals surface area contributed by atoms with Crippen molar-refractivity contribution in [3.8, 4) is 17.2 Å². The van der Waals surface area contributed by atoms with E-state index in [9.17, 15) is 4.79 Å². The topological polar surface area (TPSA) is 68.2 Å². The van der Waals surface area contributed by atoms with Crippen molar-refractivity contribution in [3.63, 3.8) is 0 Å². The van der Waals surface area contributed by atoms with Crippen LogP contribution in [0, 0.1) is 0 Å². The van der Waals surface area contributed by atoms with Crippen LogP contribution in [0.3, 0.4) is 0 Å². The van der Waals surface area contributed by atoms with Gasteiger partial charge in [-0.15, -0.1) is 0 Å². The molecule has 1 aromatic carbocycles. The van der Waals surface area contributed by atoms with E-state index in [4.69, 9.17) is 19.3 Å². The molecule has 0 bridgehead atoms. The molecule has 0 saturated carbocycles. The number of carboxylic acid groups (broad SMARTS) is 1. The molecule has 1 rings (SSSR count). The molecule has 0 spiro atoms. The summed E-state index contributed by atoms with van der Waals surface area (Å²) in [6.07, 6.45) is 0.00443. The van der Waals surface area contributed by atoms with Gasteiger partial charge in [0.25, 0.3) is 0 Å². The largest absolute Gasteiger partial charge is 0.493 e. The predicted octanol–water partition coefficient (Wildman–Crippen LogP) is 1.49. The Kier molecular flexibility index (Phi) is 6.11. The summed E-state index contributed by atoms with van der Waals surface area (Å²) < 4.78 is 16.2. The molecule has 0 heterocycles. The van der Waals surface area contributed by atoms with E-state index in [-0.39, 0.29) is 19.1 Å². The molecule has 1 atom stereocenters. The number of hydrogen-bond acceptors (Lipinski definition) is 5. The van der Waals surface area contributed by atoms with Crippen LogP contribution in [-0.4, -0.2) is 56.9 Å². The lowest BCUT2D eigenvalue weighted by molar-refractivity contribution is -0.138. The molecular weight excluding hydrogens is 262 g/mol. The van der Waals surface area contributed by atoms with Gasteiger partial charge in [-0.05, 0) is 26.2 Å². The van der Waals surface area contributed by atoms with Gasteiger partial charge in [0, 0.05) is 0 Å². The average molecular weight is 283 g/mol. The van der Waals surface area contributed by atoms with Gasteiger partial charge in [-0.3, -0.25) is 4.79 Å². The van der Waals surface area contributed by atoms with Gasteiger partial charge in [-0.25, -0.2) is 0 Å². The lowest BCUT2D eigenvalue weighted by Crippen LogP contribution is -2.35. The maximum atomic E-state index is 10.8. The van der Waals surface area contributed by atoms with Crippen LogP contribution in [0.5, 0.6) is 17.2 Å². The van der Waals surface area contributed by atoms with E-state index in [1.54, 1.807) is 32.4 Å². The van der Waals surface area contributed by atoms with Crippen LogP contribution in [0.15, 0.2) is 18.2 Å². The Balaban J connectivity index is 2.84. The number of aliphatic carboxylic acids is 1. The third-order valence-electron chi connectivity index (χ3n) is 2.94. The van der Waals surface area contributed by atoms with Crippen LogP contribution in [0.2, 0.25) is 0 Å². The van der Waals surface area contributed by atoms with Gasteiger partial charge in [0.2, 0.25) is 5.75 Å². The summed E-state index contributed by atoms with van der Waals surface area (Å²) in [5.74, 6) is 0.725. The fourth-order valence-corrected chi connectivity index (χ4v) is 1.73. The van der Waals surface area contributed by atoms with E-state index in [0.29, 0.717) is 17.2 Å². The van der Waals surface area contributed by atoms with E-state index in [1.807, 2.05) is 19.0 Å². The second kappa shape index (κ2) is 7.59. The highest BCUT2D eigenvalue weighted by Crippen LogP contribution is 2.36. The summed E-state index contributed by atoms with van der Waals surface area (Å²) in [6, 6.07) is 5.09. The Labute approximate surface area is 118 Å². The van der Waals surface area contributed by atoms with Crippen LogP contribution in [0.4, 0.5) is 0 Å². The van der Waals surface area contributed by atoms with Crippen LogP contribution >= 0.6 is 0 Å². The zero-order valence-electron chi connectivity index (χ0n) is 12.3. The van der Waals surface area contributed by atoms with Crippen molar-refractivity contribution in [2.24, 2.45) is 0 Å². The van der Waals surface area contributed by atoms with Crippen LogP contribution in [-0.2, 0) is 4.79 Å². The van der Waals surface area contributed by atoms with Crippen LogP contribution in [0.1, 0.15) is 6.42 Å². The molecule has 112 valence electrons. The first-order valence-electron chi connectivity index (χ1n) is 6.21. The Morgan fingerprint density at radius 2 is 1.80 bits per heavy atom. The van der Waals surface area contributed by atoms with Crippen molar-refractivity contribution in [1.29, 1.82) is 0 Å². The van der Waals surface area contributed by atoms with Crippen molar-refractivity contribution in [3.05, 3.63) is 18.2 Å². The van der Waals surface area contributed by atoms with Crippen molar-refractivity contribution in [2.75, 3.05) is 34.9 Å². The van der Waals surface area contributed by atoms with Crippen LogP contribution in [0.25, 0.3) is 0 Å². The number of para-hydroxylation sites is 1. The van der Waals surface area contributed by atoms with Crippen LogP contribution < -0.4 is 14.2 Å². The van der Waals surface area contributed by atoms with E-state index < -0.39 is 5.97 Å². The molecule has 6 heteroatoms. The molecule has 0 aliphatic carbocycles. The third-order valence-corrected chi connectivity index (χ3v) is 2.94. The number of ether oxygens (including phenoxy) is 3. The molecule has 0 aromatic heterocycles. The molecule has 0 amide bonds. The molecular formula is C14H21NO5. The van der Waals surface area contributed by atoms with E-state index >= 15 is 0 Å². The minimum atomic E-state index is -0.862. The minimum absolute atomic E-state index is 0.00443. The van der Waals surface area contributed by atoms with E-state index in [2.05, 4.69) is 0 Å². The predicted molar refractivity (Wildman–Crippen MR) is 74.8 cm³/mol.